The van der Waals surface area contributed by atoms with E-state index in [1.807, 2.05) is 42.7 Å². The first kappa shape index (κ1) is 26.6. The number of alkyl halides is 3. The third-order valence-electron chi connectivity index (χ3n) is 5.00. The SMILES string of the molecule is CCc1c(-c2ccc(OC)c(OC)c2)ncn1CCc1ccccc1OC.O=C(O)C(F)(F)F. The molecule has 0 spiro atoms. The number of nitrogens with zero attached hydrogens (tertiary/aromatic N) is 2. The average molecular weight is 480 g/mol. The second-order valence-corrected chi connectivity index (χ2v) is 7.02. The summed E-state index contributed by atoms with van der Waals surface area (Å²) in [6, 6.07) is 14.1. The number of ether oxygens (including phenoxy) is 3. The summed E-state index contributed by atoms with van der Waals surface area (Å²) in [5.74, 6) is -0.404. The van der Waals surface area contributed by atoms with Gasteiger partial charge < -0.3 is 23.9 Å². The first-order valence-corrected chi connectivity index (χ1v) is 10.3. The van der Waals surface area contributed by atoms with Crippen molar-refractivity contribution in [2.45, 2.75) is 32.5 Å². The number of rotatable bonds is 8. The lowest BCUT2D eigenvalue weighted by Gasteiger charge is -2.12. The van der Waals surface area contributed by atoms with Crippen molar-refractivity contribution in [3.05, 3.63) is 60.0 Å². The van der Waals surface area contributed by atoms with Crippen LogP contribution < -0.4 is 14.2 Å². The van der Waals surface area contributed by atoms with Crippen molar-refractivity contribution >= 4 is 5.97 Å². The lowest BCUT2D eigenvalue weighted by molar-refractivity contribution is -0.192. The molecular formula is C24H27F3N2O5. The maximum Gasteiger partial charge on any atom is 0.490 e. The predicted octanol–water partition coefficient (Wildman–Crippen LogP) is 5.01. The number of methoxy groups -OCH3 is 3. The molecule has 0 saturated carbocycles. The third kappa shape index (κ3) is 6.66. The van der Waals surface area contributed by atoms with Crippen molar-refractivity contribution in [1.29, 1.82) is 0 Å². The van der Waals surface area contributed by atoms with E-state index in [1.54, 1.807) is 21.3 Å². The van der Waals surface area contributed by atoms with Crippen molar-refractivity contribution in [2.75, 3.05) is 21.3 Å². The van der Waals surface area contributed by atoms with Gasteiger partial charge in [-0.1, -0.05) is 25.1 Å². The lowest BCUT2D eigenvalue weighted by Crippen LogP contribution is -2.21. The number of imidazole rings is 1. The van der Waals surface area contributed by atoms with Crippen LogP contribution in [0.25, 0.3) is 11.3 Å². The third-order valence-corrected chi connectivity index (χ3v) is 5.00. The minimum atomic E-state index is -5.08. The Kier molecular flexibility index (Phi) is 9.35. The number of halogens is 3. The van der Waals surface area contributed by atoms with Crippen LogP contribution in [-0.4, -0.2) is 48.1 Å². The van der Waals surface area contributed by atoms with Gasteiger partial charge in [0.15, 0.2) is 11.5 Å². The number of carbonyl (C=O) groups is 1. The van der Waals surface area contributed by atoms with Crippen molar-refractivity contribution in [3.63, 3.8) is 0 Å². The Morgan fingerprint density at radius 3 is 2.18 bits per heavy atom. The monoisotopic (exact) mass is 480 g/mol. The summed E-state index contributed by atoms with van der Waals surface area (Å²) in [7, 11) is 5.00. The number of para-hydroxylation sites is 1. The van der Waals surface area contributed by atoms with Gasteiger partial charge in [-0.25, -0.2) is 9.78 Å². The highest BCUT2D eigenvalue weighted by molar-refractivity contribution is 5.73. The molecule has 10 heteroatoms. The zero-order chi connectivity index (χ0) is 25.3. The number of carboxylic acids is 1. The van der Waals surface area contributed by atoms with Crippen molar-refractivity contribution < 1.29 is 37.3 Å². The van der Waals surface area contributed by atoms with Gasteiger partial charge in [0.05, 0.1) is 33.4 Å². The molecule has 34 heavy (non-hydrogen) atoms. The zero-order valence-corrected chi connectivity index (χ0v) is 19.3. The molecule has 7 nitrogen and oxygen atoms in total. The number of benzene rings is 2. The van der Waals surface area contributed by atoms with Crippen LogP contribution in [0.4, 0.5) is 13.2 Å². The highest BCUT2D eigenvalue weighted by atomic mass is 19.4. The molecule has 1 N–H and O–H groups in total. The van der Waals surface area contributed by atoms with E-state index in [9.17, 15) is 13.2 Å². The summed E-state index contributed by atoms with van der Waals surface area (Å²) >= 11 is 0. The topological polar surface area (TPSA) is 82.8 Å². The summed E-state index contributed by atoms with van der Waals surface area (Å²) in [5, 5.41) is 7.12. The van der Waals surface area contributed by atoms with Crippen LogP contribution in [0.5, 0.6) is 17.2 Å². The highest BCUT2D eigenvalue weighted by Crippen LogP contribution is 2.33. The van der Waals surface area contributed by atoms with E-state index in [4.69, 9.17) is 24.1 Å². The van der Waals surface area contributed by atoms with E-state index in [2.05, 4.69) is 22.5 Å². The smallest absolute Gasteiger partial charge is 0.490 e. The molecule has 2 aromatic carbocycles. The first-order chi connectivity index (χ1) is 16.2. The zero-order valence-electron chi connectivity index (χ0n) is 19.3. The Morgan fingerprint density at radius 2 is 1.62 bits per heavy atom. The van der Waals surface area contributed by atoms with Gasteiger partial charge in [0.1, 0.15) is 5.75 Å². The van der Waals surface area contributed by atoms with Crippen LogP contribution in [0.2, 0.25) is 0 Å². The number of hydrogen-bond donors (Lipinski definition) is 1. The molecule has 0 aliphatic rings. The molecule has 1 heterocycles. The number of carboxylic acid groups (broad SMARTS) is 1. The van der Waals surface area contributed by atoms with Crippen molar-refractivity contribution in [2.24, 2.45) is 0 Å². The molecule has 184 valence electrons. The van der Waals surface area contributed by atoms with E-state index in [1.165, 1.54) is 11.3 Å². The van der Waals surface area contributed by atoms with Gasteiger partial charge in [0, 0.05) is 17.8 Å². The normalized spacial score (nSPS) is 10.8. The average Bonchev–Trinajstić information content (AvgIpc) is 3.25. The Morgan fingerprint density at radius 1 is 1.00 bits per heavy atom. The predicted molar refractivity (Wildman–Crippen MR) is 121 cm³/mol. The first-order valence-electron chi connectivity index (χ1n) is 10.3. The summed E-state index contributed by atoms with van der Waals surface area (Å²) < 4.78 is 50.2. The van der Waals surface area contributed by atoms with Crippen LogP contribution in [0.15, 0.2) is 48.8 Å². The molecule has 1 aromatic heterocycles. The van der Waals surface area contributed by atoms with Crippen molar-refractivity contribution in [3.8, 4) is 28.5 Å². The Hall–Kier alpha value is -3.69. The standard InChI is InChI=1S/C22H26N2O3.C2HF3O2/c1-5-18-22(17-10-11-20(26-3)21(14-17)27-4)23-15-24(18)13-12-16-8-6-7-9-19(16)25-2;3-2(4,5)1(6)7/h6-11,14-15H,5,12-13H2,1-4H3;(H,6,7). The molecule has 0 amide bonds. The maximum atomic E-state index is 10.6. The molecular weight excluding hydrogens is 453 g/mol. The van der Waals surface area contributed by atoms with Gasteiger partial charge in [-0.15, -0.1) is 0 Å². The number of hydrogen-bond acceptors (Lipinski definition) is 5. The summed E-state index contributed by atoms with van der Waals surface area (Å²) in [6.45, 7) is 3.00. The van der Waals surface area contributed by atoms with E-state index in [-0.39, 0.29) is 0 Å². The van der Waals surface area contributed by atoms with Crippen LogP contribution in [0.3, 0.4) is 0 Å². The summed E-state index contributed by atoms with van der Waals surface area (Å²) in [4.78, 5) is 13.6. The second-order valence-electron chi connectivity index (χ2n) is 7.02. The van der Waals surface area contributed by atoms with E-state index < -0.39 is 12.1 Å². The molecule has 0 fully saturated rings. The van der Waals surface area contributed by atoms with E-state index >= 15 is 0 Å². The summed E-state index contributed by atoms with van der Waals surface area (Å²) in [5.41, 5.74) is 4.42. The minimum Gasteiger partial charge on any atom is -0.496 e. The molecule has 0 unspecified atom stereocenters. The number of aliphatic carboxylic acids is 1. The fraction of sp³-hybridized carbons (Fsp3) is 0.333. The molecule has 0 atom stereocenters. The molecule has 3 rings (SSSR count). The fourth-order valence-electron chi connectivity index (χ4n) is 3.35. The van der Waals surface area contributed by atoms with Gasteiger partial charge in [0.2, 0.25) is 0 Å². The fourth-order valence-corrected chi connectivity index (χ4v) is 3.35. The lowest BCUT2D eigenvalue weighted by atomic mass is 10.1. The quantitative estimate of drug-likeness (QED) is 0.488. The van der Waals surface area contributed by atoms with E-state index in [0.29, 0.717) is 5.75 Å². The van der Waals surface area contributed by atoms with Gasteiger partial charge in [-0.3, -0.25) is 0 Å². The Balaban J connectivity index is 0.000000509. The minimum absolute atomic E-state index is 0.709. The molecule has 0 saturated heterocycles. The van der Waals surface area contributed by atoms with Gasteiger partial charge in [-0.05, 0) is 42.7 Å². The van der Waals surface area contributed by atoms with Gasteiger partial charge in [0.25, 0.3) is 0 Å². The Labute approximate surface area is 195 Å². The largest absolute Gasteiger partial charge is 0.496 e. The van der Waals surface area contributed by atoms with E-state index in [0.717, 1.165) is 42.1 Å². The Bertz CT molecular complexity index is 1100. The van der Waals surface area contributed by atoms with Crippen LogP contribution in [0.1, 0.15) is 18.2 Å². The number of aryl methyl sites for hydroxylation is 2. The van der Waals surface area contributed by atoms with Crippen molar-refractivity contribution in [1.82, 2.24) is 9.55 Å². The van der Waals surface area contributed by atoms with Gasteiger partial charge >= 0.3 is 12.1 Å². The highest BCUT2D eigenvalue weighted by Gasteiger charge is 2.38. The molecule has 0 radical (unpaired) electrons. The molecule has 0 aliphatic heterocycles. The summed E-state index contributed by atoms with van der Waals surface area (Å²) in [6.07, 6.45) is -1.38. The number of aromatic nitrogens is 2. The maximum absolute atomic E-state index is 10.6. The molecule has 0 aliphatic carbocycles. The van der Waals surface area contributed by atoms with Crippen LogP contribution in [0, 0.1) is 0 Å². The molecule has 3 aromatic rings. The second kappa shape index (κ2) is 12.0. The van der Waals surface area contributed by atoms with Gasteiger partial charge in [-0.2, -0.15) is 13.2 Å². The van der Waals surface area contributed by atoms with Crippen LogP contribution in [-0.2, 0) is 24.2 Å². The molecule has 0 bridgehead atoms. The van der Waals surface area contributed by atoms with Crippen LogP contribution >= 0.6 is 0 Å².